The van der Waals surface area contributed by atoms with Gasteiger partial charge in [-0.15, -0.1) is 0 Å². The first kappa shape index (κ1) is 106. The molecule has 140 heavy (non-hydrogen) atoms. The second-order valence-electron chi connectivity index (χ2n) is 39.0. The van der Waals surface area contributed by atoms with Crippen LogP contribution in [-0.2, 0) is 88.3 Å². The van der Waals surface area contributed by atoms with Crippen LogP contribution in [0.15, 0.2) is 126 Å². The number of aromatic nitrogens is 3. The molecule has 3 saturated carbocycles. The number of amides is 3. The van der Waals surface area contributed by atoms with Crippen LogP contribution in [-0.4, -0.2) is 261 Å². The van der Waals surface area contributed by atoms with Crippen LogP contribution in [0, 0.1) is 0 Å². The molecule has 0 bridgehead atoms. The summed E-state index contributed by atoms with van der Waals surface area (Å²) in [5, 5.41) is 28.4. The number of likely N-dealkylation sites (N-methyl/N-ethyl adjacent to an activating group) is 6. The smallest absolute Gasteiger partial charge is 0.338 e. The van der Waals surface area contributed by atoms with E-state index in [0.29, 0.717) is 89.0 Å². The van der Waals surface area contributed by atoms with Crippen molar-refractivity contribution in [3.63, 3.8) is 0 Å². The molecule has 15 rings (SSSR count). The number of rotatable bonds is 33. The molecule has 0 spiro atoms. The molecule has 33 nitrogen and oxygen atoms in total. The molecule has 756 valence electrons. The normalized spacial score (nSPS) is 15.4. The van der Waals surface area contributed by atoms with E-state index < -0.39 is 47.8 Å². The molecular weight excluding hydrogens is 1850 g/mol. The number of carbonyl (C=O) groups is 6. The van der Waals surface area contributed by atoms with Gasteiger partial charge in [-0.25, -0.2) is 29.8 Å². The van der Waals surface area contributed by atoms with Crippen molar-refractivity contribution in [1.29, 1.82) is 0 Å². The zero-order valence-electron chi connectivity index (χ0n) is 83.2. The number of carboxylic acids is 1. The van der Waals surface area contributed by atoms with Gasteiger partial charge in [0, 0.05) is 148 Å². The van der Waals surface area contributed by atoms with Crippen LogP contribution in [0.2, 0.25) is 0 Å². The van der Waals surface area contributed by atoms with Crippen molar-refractivity contribution >= 4 is 117 Å². The first-order valence-corrected chi connectivity index (χ1v) is 52.4. The van der Waals surface area contributed by atoms with E-state index >= 15 is 0 Å². The van der Waals surface area contributed by atoms with Crippen LogP contribution >= 0.6 is 0 Å². The first-order chi connectivity index (χ1) is 66.3. The van der Waals surface area contributed by atoms with Gasteiger partial charge in [0.25, 0.3) is 48.3 Å². The fraction of sp³-hybridized carbons (Fsp3) is 0.481. The predicted octanol–water partition coefficient (Wildman–Crippen LogP) is 14.7. The molecule has 3 aliphatic heterocycles. The number of nitrogens with two attached hydrogens (primary N) is 3. The number of hydrogen-bond donors (Lipinski definition) is 4. The second kappa shape index (κ2) is 45.4. The molecule has 0 unspecified atom stereocenters. The Morgan fingerprint density at radius 2 is 0.621 bits per heavy atom. The third-order valence-electron chi connectivity index (χ3n) is 26.9. The van der Waals surface area contributed by atoms with Crippen molar-refractivity contribution in [3.05, 3.63) is 176 Å². The van der Waals surface area contributed by atoms with Crippen molar-refractivity contribution in [2.45, 2.75) is 186 Å². The molecule has 6 aliphatic rings. The molecule has 36 heteroatoms. The van der Waals surface area contributed by atoms with Crippen molar-refractivity contribution in [2.24, 2.45) is 15.4 Å². The fourth-order valence-corrected chi connectivity index (χ4v) is 20.5. The van der Waals surface area contributed by atoms with E-state index in [0.717, 1.165) is 173 Å². The highest BCUT2D eigenvalue weighted by Crippen LogP contribution is 2.52. The number of esters is 2. The van der Waals surface area contributed by atoms with Crippen LogP contribution in [0.4, 0.5) is 0 Å². The highest BCUT2D eigenvalue weighted by molar-refractivity contribution is 7.87. The summed E-state index contributed by atoms with van der Waals surface area (Å²) < 4.78 is 123. The summed E-state index contributed by atoms with van der Waals surface area (Å²) in [5.74, 6) is 0.813. The number of hydrogen-bond acceptors (Lipinski definition) is 20. The Bertz CT molecular complexity index is 6320. The quantitative estimate of drug-likeness (QED) is 0.0219. The number of fused-ring (bicyclic) bond motifs is 15. The Labute approximate surface area is 821 Å². The summed E-state index contributed by atoms with van der Waals surface area (Å²) in [6.07, 6.45) is 22.8. The highest BCUT2D eigenvalue weighted by Gasteiger charge is 2.38. The minimum absolute atomic E-state index is 0.103. The third-order valence-corrected chi connectivity index (χ3v) is 30.1. The summed E-state index contributed by atoms with van der Waals surface area (Å²) in [5.41, 5.74) is 16.7. The maximum atomic E-state index is 14.1. The third kappa shape index (κ3) is 25.5. The highest BCUT2D eigenvalue weighted by atomic mass is 32.2. The molecule has 7 N–H and O–H groups in total. The Hall–Kier alpha value is -11.1. The second-order valence-corrected chi connectivity index (χ2v) is 44.0. The van der Waals surface area contributed by atoms with Gasteiger partial charge in [-0.2, -0.15) is 38.2 Å². The largest absolute Gasteiger partial charge is 0.497 e. The molecule has 6 heterocycles. The monoisotopic (exact) mass is 1980 g/mol. The summed E-state index contributed by atoms with van der Waals surface area (Å²) in [4.78, 5) is 85.4. The first-order valence-electron chi connectivity index (χ1n) is 47.9. The van der Waals surface area contributed by atoms with E-state index in [1.54, 1.807) is 69.3 Å². The lowest BCUT2D eigenvalue weighted by molar-refractivity contribution is -0.127. The summed E-state index contributed by atoms with van der Waals surface area (Å²) >= 11 is 0. The maximum Gasteiger partial charge on any atom is 0.338 e. The average molecular weight is 1990 g/mol. The van der Waals surface area contributed by atoms with Crippen molar-refractivity contribution < 1.29 is 97.0 Å². The van der Waals surface area contributed by atoms with E-state index in [2.05, 4.69) is 25.8 Å². The zero-order chi connectivity index (χ0) is 101. The van der Waals surface area contributed by atoms with Gasteiger partial charge in [0.1, 0.15) is 28.5 Å². The molecule has 0 atom stereocenters. The summed E-state index contributed by atoms with van der Waals surface area (Å²) in [6.45, 7) is 14.3. The molecule has 3 aliphatic carbocycles. The molecular formula is C104H136N12O21S3. The van der Waals surface area contributed by atoms with E-state index in [-0.39, 0.29) is 108 Å². The van der Waals surface area contributed by atoms with Gasteiger partial charge in [-0.05, 0) is 240 Å². The van der Waals surface area contributed by atoms with Crippen LogP contribution in [0.5, 0.6) is 17.2 Å². The number of nitrogens with zero attached hydrogens (tertiary/aromatic N) is 9. The minimum Gasteiger partial charge on any atom is -0.497 e. The van der Waals surface area contributed by atoms with E-state index in [1.165, 1.54) is 57.1 Å². The van der Waals surface area contributed by atoms with Gasteiger partial charge in [0.15, 0.2) is 0 Å². The Morgan fingerprint density at radius 1 is 0.364 bits per heavy atom. The molecule has 6 aromatic carbocycles. The molecule has 9 aromatic rings. The van der Waals surface area contributed by atoms with Crippen LogP contribution < -0.4 is 29.6 Å². The number of carboxylic acid groups (broad SMARTS) is 1. The van der Waals surface area contributed by atoms with Gasteiger partial charge in [-0.3, -0.25) is 14.4 Å². The SMILES string of the molecule is COc1ccc2c(c1)C=C(C(=O)N(C)CCOCCN(C)S(N)(=O)=O)Cn1c-2c(C2CCCCC2)c2ccc(C(=O)O)cc21.COc1ccc2c(c1)C=C(C(=O)N(C)CCOCCN(C)S(N)(=O)=O)Cn1c-2c(C2CCCCC2)c2ccc(C(=O)OC(C)(C)C)cc21.COc1ccc2c(c1)C=C(C(=O)N(C)CCOCCN(C)S(N)(=O)=O)Cn1c-2c(C2CCCCC2)c2ccc(C(=O)OC(C)(C)C)cc21. The zero-order valence-corrected chi connectivity index (χ0v) is 85.6. The van der Waals surface area contributed by atoms with Gasteiger partial charge < -0.3 is 71.4 Å². The number of carbonyl (C=O) groups excluding carboxylic acids is 5. The van der Waals surface area contributed by atoms with Crippen LogP contribution in [0.1, 0.15) is 220 Å². The number of ether oxygens (including phenoxy) is 8. The van der Waals surface area contributed by atoms with Crippen molar-refractivity contribution in [1.82, 2.24) is 41.3 Å². The molecule has 3 aromatic heterocycles. The molecule has 0 radical (unpaired) electrons. The lowest BCUT2D eigenvalue weighted by Crippen LogP contribution is -2.36. The van der Waals surface area contributed by atoms with E-state index in [1.807, 2.05) is 145 Å². The van der Waals surface area contributed by atoms with Crippen LogP contribution in [0.25, 0.3) is 84.7 Å². The maximum absolute atomic E-state index is 14.1. The minimum atomic E-state index is -3.78. The standard InChI is InChI=1S/2C36H48N4O7S.C32H40N4O7S/c2*1-36(2,3)47-35(42)25-12-14-30-31(22-25)40-23-27(34(41)38(4)16-18-46-19-17-39(5)48(37,43)44)20-26-21-28(45-6)13-15-29(26)33(40)32(30)24-10-8-7-9-11-24;1-34(13-15-43-16-14-35(2)44(33,40)41)31(37)24-17-23-18-25(42-3)10-12-26(23)30-29(21-7-5-4-6-8-21)27-11-9-22(32(38)39)19-28(27)36(30)20-24/h2*12-15,20-22,24H,7-11,16-19,23H2,1-6H3,(H2,37,43,44);9-12,17-19,21H,4-8,13-16,20H2,1-3H3,(H,38,39)(H2,33,40,41). The van der Waals surface area contributed by atoms with Gasteiger partial charge in [0.2, 0.25) is 0 Å². The molecule has 3 amide bonds. The Kier molecular flexibility index (Phi) is 34.4. The van der Waals surface area contributed by atoms with Gasteiger partial charge >= 0.3 is 17.9 Å². The summed E-state index contributed by atoms with van der Waals surface area (Å²) in [6, 6.07) is 34.8. The molecule has 0 saturated heterocycles. The lowest BCUT2D eigenvalue weighted by Gasteiger charge is -2.24. The average Bonchev–Trinajstić information content (AvgIpc) is 1.58. The van der Waals surface area contributed by atoms with Crippen molar-refractivity contribution in [2.75, 3.05) is 143 Å². The van der Waals surface area contributed by atoms with Crippen molar-refractivity contribution in [3.8, 4) is 51.0 Å². The Balaban J connectivity index is 0.000000177. The number of aromatic carboxylic acids is 1. The van der Waals surface area contributed by atoms with Crippen LogP contribution in [0.3, 0.4) is 0 Å². The number of benzene rings is 6. The predicted molar refractivity (Wildman–Crippen MR) is 543 cm³/mol. The van der Waals surface area contributed by atoms with E-state index in [9.17, 15) is 59.1 Å². The van der Waals surface area contributed by atoms with Gasteiger partial charge in [0.05, 0.1) is 114 Å². The number of methoxy groups -OCH3 is 3. The molecule has 3 fully saturated rings. The topological polar surface area (TPSA) is 411 Å². The lowest BCUT2D eigenvalue weighted by atomic mass is 9.81. The summed E-state index contributed by atoms with van der Waals surface area (Å²) in [7, 11) is 2.81. The van der Waals surface area contributed by atoms with Gasteiger partial charge in [-0.1, -0.05) is 76.0 Å². The van der Waals surface area contributed by atoms with E-state index in [4.69, 9.17) is 53.3 Å². The Morgan fingerprint density at radius 3 is 0.871 bits per heavy atom. The fourth-order valence-electron chi connectivity index (χ4n) is 19.5.